The summed E-state index contributed by atoms with van der Waals surface area (Å²) in [6.45, 7) is 3.19. The molecule has 3 aromatic carbocycles. The van der Waals surface area contributed by atoms with E-state index in [1.807, 2.05) is 43.3 Å². The Labute approximate surface area is 181 Å². The molecule has 3 aromatic rings. The summed E-state index contributed by atoms with van der Waals surface area (Å²) in [6, 6.07) is 18.4. The van der Waals surface area contributed by atoms with Crippen molar-refractivity contribution in [3.8, 4) is 11.5 Å². The van der Waals surface area contributed by atoms with Crippen LogP contribution < -0.4 is 14.8 Å². The van der Waals surface area contributed by atoms with Crippen molar-refractivity contribution < 1.29 is 13.9 Å². The zero-order valence-corrected chi connectivity index (χ0v) is 18.5. The highest BCUT2D eigenvalue weighted by Crippen LogP contribution is 2.35. The number of ether oxygens (including phenoxy) is 2. The van der Waals surface area contributed by atoms with E-state index in [0.29, 0.717) is 30.2 Å². The standard InChI is InChI=1S/C22H20Br2FNO2/c1-2-27-21-11-16(13-26-18-9-7-17(23)8-10-18)19(24)12-22(21)28-14-15-5-3-4-6-20(15)25/h3-12,26H,2,13-14H2,1H3. The van der Waals surface area contributed by atoms with Crippen molar-refractivity contribution in [2.75, 3.05) is 11.9 Å². The van der Waals surface area contributed by atoms with Gasteiger partial charge in [0.2, 0.25) is 0 Å². The molecule has 1 N–H and O–H groups in total. The van der Waals surface area contributed by atoms with Crippen molar-refractivity contribution in [2.24, 2.45) is 0 Å². The minimum atomic E-state index is -0.283. The van der Waals surface area contributed by atoms with Gasteiger partial charge in [-0.15, -0.1) is 0 Å². The number of hydrogen-bond acceptors (Lipinski definition) is 3. The molecule has 28 heavy (non-hydrogen) atoms. The van der Waals surface area contributed by atoms with Crippen LogP contribution in [0.1, 0.15) is 18.1 Å². The highest BCUT2D eigenvalue weighted by atomic mass is 79.9. The molecule has 0 atom stereocenters. The first kappa shape index (κ1) is 20.7. The smallest absolute Gasteiger partial charge is 0.162 e. The van der Waals surface area contributed by atoms with Crippen LogP contribution in [0.3, 0.4) is 0 Å². The molecule has 0 bridgehead atoms. The molecule has 0 unspecified atom stereocenters. The predicted molar refractivity (Wildman–Crippen MR) is 118 cm³/mol. The van der Waals surface area contributed by atoms with Crippen molar-refractivity contribution in [3.05, 3.63) is 86.6 Å². The van der Waals surface area contributed by atoms with E-state index in [9.17, 15) is 4.39 Å². The summed E-state index contributed by atoms with van der Waals surface area (Å²) in [4.78, 5) is 0. The maximum Gasteiger partial charge on any atom is 0.162 e. The van der Waals surface area contributed by atoms with Crippen molar-refractivity contribution >= 4 is 37.5 Å². The van der Waals surface area contributed by atoms with Crippen LogP contribution in [-0.2, 0) is 13.2 Å². The molecule has 0 spiro atoms. The maximum atomic E-state index is 13.8. The second-order valence-corrected chi connectivity index (χ2v) is 7.83. The van der Waals surface area contributed by atoms with E-state index in [2.05, 4.69) is 37.2 Å². The lowest BCUT2D eigenvalue weighted by atomic mass is 10.2. The Kier molecular flexibility index (Phi) is 7.34. The Morgan fingerprint density at radius 3 is 2.32 bits per heavy atom. The Hall–Kier alpha value is -2.05. The number of hydrogen-bond donors (Lipinski definition) is 1. The average Bonchev–Trinajstić information content (AvgIpc) is 2.69. The van der Waals surface area contributed by atoms with Crippen LogP contribution in [0.4, 0.5) is 10.1 Å². The van der Waals surface area contributed by atoms with Crippen LogP contribution in [0.25, 0.3) is 0 Å². The van der Waals surface area contributed by atoms with Crippen LogP contribution in [0.2, 0.25) is 0 Å². The van der Waals surface area contributed by atoms with Gasteiger partial charge >= 0.3 is 0 Å². The molecule has 0 heterocycles. The van der Waals surface area contributed by atoms with E-state index in [1.54, 1.807) is 18.2 Å². The minimum Gasteiger partial charge on any atom is -0.490 e. The van der Waals surface area contributed by atoms with Crippen molar-refractivity contribution in [3.63, 3.8) is 0 Å². The second kappa shape index (κ2) is 9.94. The third kappa shape index (κ3) is 5.49. The summed E-state index contributed by atoms with van der Waals surface area (Å²) >= 11 is 7.04. The van der Waals surface area contributed by atoms with Gasteiger partial charge in [0.25, 0.3) is 0 Å². The zero-order valence-electron chi connectivity index (χ0n) is 15.3. The largest absolute Gasteiger partial charge is 0.490 e. The van der Waals surface area contributed by atoms with E-state index in [1.165, 1.54) is 6.07 Å². The molecule has 6 heteroatoms. The molecule has 0 aliphatic carbocycles. The molecule has 0 aliphatic rings. The number of rotatable bonds is 8. The highest BCUT2D eigenvalue weighted by Gasteiger charge is 2.12. The van der Waals surface area contributed by atoms with Gasteiger partial charge in [-0.25, -0.2) is 4.39 Å². The third-order valence-corrected chi connectivity index (χ3v) is 5.35. The molecule has 0 aromatic heterocycles. The zero-order chi connectivity index (χ0) is 19.9. The normalized spacial score (nSPS) is 10.6. The maximum absolute atomic E-state index is 13.8. The number of anilines is 1. The van der Waals surface area contributed by atoms with Crippen molar-refractivity contribution in [2.45, 2.75) is 20.1 Å². The summed E-state index contributed by atoms with van der Waals surface area (Å²) in [6.07, 6.45) is 0. The highest BCUT2D eigenvalue weighted by molar-refractivity contribution is 9.10. The van der Waals surface area contributed by atoms with Gasteiger partial charge in [0.05, 0.1) is 6.61 Å². The lowest BCUT2D eigenvalue weighted by molar-refractivity contribution is 0.265. The number of halogens is 3. The number of nitrogens with one attached hydrogen (secondary N) is 1. The van der Waals surface area contributed by atoms with E-state index in [-0.39, 0.29) is 12.4 Å². The SMILES string of the molecule is CCOc1cc(CNc2ccc(Br)cc2)c(Br)cc1OCc1ccccc1F. The Morgan fingerprint density at radius 2 is 1.61 bits per heavy atom. The number of benzene rings is 3. The van der Waals surface area contributed by atoms with Gasteiger partial charge in [0, 0.05) is 26.7 Å². The summed E-state index contributed by atoms with van der Waals surface area (Å²) in [7, 11) is 0. The molecule has 0 saturated carbocycles. The van der Waals surface area contributed by atoms with E-state index >= 15 is 0 Å². The van der Waals surface area contributed by atoms with Crippen LogP contribution in [0.5, 0.6) is 11.5 Å². The molecule has 0 aliphatic heterocycles. The van der Waals surface area contributed by atoms with Crippen LogP contribution in [0, 0.1) is 5.82 Å². The molecule has 0 amide bonds. The van der Waals surface area contributed by atoms with Crippen LogP contribution >= 0.6 is 31.9 Å². The van der Waals surface area contributed by atoms with Gasteiger partial charge in [-0.2, -0.15) is 0 Å². The van der Waals surface area contributed by atoms with Crippen molar-refractivity contribution in [1.82, 2.24) is 0 Å². The summed E-state index contributed by atoms with van der Waals surface area (Å²) < 4.78 is 27.4. The fourth-order valence-electron chi connectivity index (χ4n) is 2.63. The van der Waals surface area contributed by atoms with Crippen LogP contribution in [0.15, 0.2) is 69.6 Å². The van der Waals surface area contributed by atoms with E-state index in [0.717, 1.165) is 20.2 Å². The van der Waals surface area contributed by atoms with Crippen LogP contribution in [-0.4, -0.2) is 6.61 Å². The molecule has 0 radical (unpaired) electrons. The third-order valence-electron chi connectivity index (χ3n) is 4.08. The van der Waals surface area contributed by atoms with E-state index in [4.69, 9.17) is 9.47 Å². The van der Waals surface area contributed by atoms with E-state index < -0.39 is 0 Å². The summed E-state index contributed by atoms with van der Waals surface area (Å²) in [5.74, 6) is 0.925. The first-order valence-electron chi connectivity index (χ1n) is 8.87. The first-order valence-corrected chi connectivity index (χ1v) is 10.5. The minimum absolute atomic E-state index is 0.135. The second-order valence-electron chi connectivity index (χ2n) is 6.06. The molecule has 3 nitrogen and oxygen atoms in total. The van der Waals surface area contributed by atoms with Gasteiger partial charge in [-0.3, -0.25) is 0 Å². The van der Waals surface area contributed by atoms with Crippen molar-refractivity contribution in [1.29, 1.82) is 0 Å². The van der Waals surface area contributed by atoms with Gasteiger partial charge < -0.3 is 14.8 Å². The lowest BCUT2D eigenvalue weighted by Crippen LogP contribution is -2.04. The predicted octanol–water partition coefficient (Wildman–Crippen LogP) is 6.94. The molecule has 3 rings (SSSR count). The Balaban J connectivity index is 1.75. The molecule has 146 valence electrons. The summed E-state index contributed by atoms with van der Waals surface area (Å²) in [5, 5.41) is 3.39. The Morgan fingerprint density at radius 1 is 0.893 bits per heavy atom. The monoisotopic (exact) mass is 507 g/mol. The molecule has 0 saturated heterocycles. The Bertz CT molecular complexity index is 932. The average molecular weight is 509 g/mol. The van der Waals surface area contributed by atoms with Gasteiger partial charge in [0.15, 0.2) is 11.5 Å². The molecular formula is C22H20Br2FNO2. The summed E-state index contributed by atoms with van der Waals surface area (Å²) in [5.41, 5.74) is 2.56. The lowest BCUT2D eigenvalue weighted by Gasteiger charge is -2.16. The van der Waals surface area contributed by atoms with Gasteiger partial charge in [-0.1, -0.05) is 50.1 Å². The quantitative estimate of drug-likeness (QED) is 0.357. The topological polar surface area (TPSA) is 30.5 Å². The van der Waals surface area contributed by atoms with Gasteiger partial charge in [-0.05, 0) is 55.0 Å². The fourth-order valence-corrected chi connectivity index (χ4v) is 3.36. The molecule has 0 fully saturated rings. The first-order chi connectivity index (χ1) is 13.6. The van der Waals surface area contributed by atoms with Gasteiger partial charge in [0.1, 0.15) is 12.4 Å². The molecular weight excluding hydrogens is 489 g/mol. The fraction of sp³-hybridized carbons (Fsp3) is 0.182.